The highest BCUT2D eigenvalue weighted by atomic mass is 35.5. The van der Waals surface area contributed by atoms with Crippen LogP contribution in [0.15, 0.2) is 88.8 Å². The van der Waals surface area contributed by atoms with Crippen molar-refractivity contribution in [3.63, 3.8) is 0 Å². The predicted octanol–water partition coefficient (Wildman–Crippen LogP) is 4.30. The van der Waals surface area contributed by atoms with E-state index in [1.165, 1.54) is 54.7 Å². The molecule has 1 aromatic heterocycles. The zero-order chi connectivity index (χ0) is 28.2. The lowest BCUT2D eigenvalue weighted by molar-refractivity contribution is -0.128. The summed E-state index contributed by atoms with van der Waals surface area (Å²) in [5.41, 5.74) is 0.523. The van der Waals surface area contributed by atoms with Gasteiger partial charge in [0.2, 0.25) is 0 Å². The van der Waals surface area contributed by atoms with Crippen LogP contribution in [0.3, 0.4) is 0 Å². The Hall–Kier alpha value is -4.18. The lowest BCUT2D eigenvalue weighted by Crippen LogP contribution is -2.35. The molecule has 0 spiro atoms. The minimum Gasteiger partial charge on any atom is -0.445 e. The van der Waals surface area contributed by atoms with Gasteiger partial charge in [-0.15, -0.1) is 0 Å². The van der Waals surface area contributed by atoms with Crippen LogP contribution >= 0.6 is 11.6 Å². The maximum Gasteiger partial charge on any atom is 0.294 e. The molecule has 0 fully saturated rings. The summed E-state index contributed by atoms with van der Waals surface area (Å²) in [5, 5.41) is 10.1. The number of hydrogen-bond donors (Lipinski definition) is 0. The third-order valence-corrected chi connectivity index (χ3v) is 9.66. The number of sulfonamides is 2. The van der Waals surface area contributed by atoms with E-state index in [1.807, 2.05) is 6.07 Å². The molecular formula is C26H21ClN4O6S2. The fraction of sp³-hybridized carbons (Fsp3) is 0.115. The summed E-state index contributed by atoms with van der Waals surface area (Å²) < 4.78 is 61.1. The number of benzene rings is 3. The van der Waals surface area contributed by atoms with Gasteiger partial charge < -0.3 is 4.74 Å². The van der Waals surface area contributed by atoms with E-state index in [2.05, 4.69) is 4.98 Å². The maximum absolute atomic E-state index is 13.6. The first-order chi connectivity index (χ1) is 18.6. The van der Waals surface area contributed by atoms with E-state index in [1.54, 1.807) is 31.2 Å². The number of nitriles is 1. The predicted molar refractivity (Wildman–Crippen MR) is 146 cm³/mol. The molecule has 3 aromatic carbocycles. The van der Waals surface area contributed by atoms with E-state index in [-0.39, 0.29) is 34.3 Å². The molecule has 1 heterocycles. The van der Waals surface area contributed by atoms with Crippen molar-refractivity contribution in [3.05, 3.63) is 89.6 Å². The molecule has 13 heteroatoms. The number of ether oxygens (including phenoxy) is 1. The standard InChI is InChI=1S/C26H21ClN4O6S2/c1-2-30(38(33,34)21-11-7-19(15-28)8-12-21)25-16-29-26(24-6-4-3-5-23(24)25)31(17-37-18-32)39(35,36)22-13-9-20(27)10-14-22/h3-14,16,18H,2,17H2,1H3. The summed E-state index contributed by atoms with van der Waals surface area (Å²) in [5.74, 6) is -0.0713. The van der Waals surface area contributed by atoms with Gasteiger partial charge >= 0.3 is 0 Å². The van der Waals surface area contributed by atoms with Crippen molar-refractivity contribution < 1.29 is 26.4 Å². The van der Waals surface area contributed by atoms with Gasteiger partial charge in [0.05, 0.1) is 33.3 Å². The van der Waals surface area contributed by atoms with Crippen molar-refractivity contribution >= 4 is 60.4 Å². The Morgan fingerprint density at radius 3 is 2.03 bits per heavy atom. The van der Waals surface area contributed by atoms with Crippen molar-refractivity contribution in [1.82, 2.24) is 4.98 Å². The Labute approximate surface area is 230 Å². The number of pyridine rings is 1. The molecular weight excluding hydrogens is 564 g/mol. The van der Waals surface area contributed by atoms with Gasteiger partial charge in [-0.05, 0) is 55.5 Å². The molecule has 0 radical (unpaired) electrons. The van der Waals surface area contributed by atoms with Crippen LogP contribution in [0.1, 0.15) is 12.5 Å². The third-order valence-electron chi connectivity index (χ3n) is 5.78. The number of anilines is 2. The van der Waals surface area contributed by atoms with E-state index in [9.17, 15) is 21.6 Å². The van der Waals surface area contributed by atoms with E-state index in [0.29, 0.717) is 21.4 Å². The van der Waals surface area contributed by atoms with Gasteiger partial charge in [-0.1, -0.05) is 35.9 Å². The minimum absolute atomic E-state index is 0.0252. The molecule has 200 valence electrons. The monoisotopic (exact) mass is 584 g/mol. The molecule has 0 amide bonds. The molecule has 0 atom stereocenters. The highest BCUT2D eigenvalue weighted by molar-refractivity contribution is 7.93. The second kappa shape index (κ2) is 11.3. The molecule has 0 aliphatic rings. The molecule has 0 saturated carbocycles. The summed E-state index contributed by atoms with van der Waals surface area (Å²) in [4.78, 5) is 15.2. The van der Waals surface area contributed by atoms with Crippen molar-refractivity contribution in [1.29, 1.82) is 5.26 Å². The first kappa shape index (κ1) is 27.8. The molecule has 0 aliphatic carbocycles. The van der Waals surface area contributed by atoms with Crippen LogP contribution < -0.4 is 8.61 Å². The number of halogens is 1. The smallest absolute Gasteiger partial charge is 0.294 e. The van der Waals surface area contributed by atoms with Gasteiger partial charge in [-0.3, -0.25) is 9.10 Å². The fourth-order valence-electron chi connectivity index (χ4n) is 3.94. The third kappa shape index (κ3) is 5.37. The lowest BCUT2D eigenvalue weighted by Gasteiger charge is -2.27. The number of rotatable bonds is 10. The molecule has 0 aliphatic heterocycles. The Morgan fingerprint density at radius 2 is 1.46 bits per heavy atom. The highest BCUT2D eigenvalue weighted by Gasteiger charge is 2.31. The van der Waals surface area contributed by atoms with Crippen LogP contribution in [0.25, 0.3) is 10.8 Å². The Bertz CT molecular complexity index is 1770. The van der Waals surface area contributed by atoms with Gasteiger partial charge in [0, 0.05) is 22.3 Å². The molecule has 4 rings (SSSR count). The van der Waals surface area contributed by atoms with Crippen LogP contribution in [0.2, 0.25) is 5.02 Å². The van der Waals surface area contributed by atoms with Gasteiger partial charge in [0.15, 0.2) is 12.5 Å². The molecule has 0 unspecified atom stereocenters. The van der Waals surface area contributed by atoms with Gasteiger partial charge in [-0.25, -0.2) is 26.1 Å². The topological polar surface area (TPSA) is 138 Å². The fourth-order valence-corrected chi connectivity index (χ4v) is 6.85. The molecule has 0 saturated heterocycles. The van der Waals surface area contributed by atoms with Crippen molar-refractivity contribution in [2.45, 2.75) is 16.7 Å². The van der Waals surface area contributed by atoms with Crippen molar-refractivity contribution in [2.75, 3.05) is 21.9 Å². The Kier molecular flexibility index (Phi) is 8.06. The molecule has 39 heavy (non-hydrogen) atoms. The molecule has 4 aromatic rings. The minimum atomic E-state index is -4.28. The van der Waals surface area contributed by atoms with E-state index in [0.717, 1.165) is 8.61 Å². The SMILES string of the molecule is CCN(c1cnc(N(COC=O)S(=O)(=O)c2ccc(Cl)cc2)c2ccccc12)S(=O)(=O)c1ccc(C#N)cc1. The molecule has 0 N–H and O–H groups in total. The van der Waals surface area contributed by atoms with E-state index < -0.39 is 26.8 Å². The first-order valence-electron chi connectivity index (χ1n) is 11.4. The Balaban J connectivity index is 1.89. The van der Waals surface area contributed by atoms with E-state index >= 15 is 0 Å². The second-order valence-electron chi connectivity index (χ2n) is 8.02. The summed E-state index contributed by atoms with van der Waals surface area (Å²) in [6, 6.07) is 19.5. The number of nitrogens with zero attached hydrogens (tertiary/aromatic N) is 4. The number of carbonyl (C=O) groups excluding carboxylic acids is 1. The van der Waals surface area contributed by atoms with Gasteiger partial charge in [-0.2, -0.15) is 5.26 Å². The van der Waals surface area contributed by atoms with Gasteiger partial charge in [0.1, 0.15) is 0 Å². The number of aromatic nitrogens is 1. The summed E-state index contributed by atoms with van der Waals surface area (Å²) >= 11 is 5.92. The number of hydrogen-bond acceptors (Lipinski definition) is 8. The molecule has 0 bridgehead atoms. The highest BCUT2D eigenvalue weighted by Crippen LogP contribution is 2.36. The zero-order valence-corrected chi connectivity index (χ0v) is 22.8. The quantitative estimate of drug-likeness (QED) is 0.199. The maximum atomic E-state index is 13.6. The lowest BCUT2D eigenvalue weighted by atomic mass is 10.1. The van der Waals surface area contributed by atoms with Crippen LogP contribution in [0, 0.1) is 11.3 Å². The summed E-state index contributed by atoms with van der Waals surface area (Å²) in [6.07, 6.45) is 1.26. The van der Waals surface area contributed by atoms with Crippen LogP contribution in [-0.4, -0.2) is 41.6 Å². The number of fused-ring (bicyclic) bond motifs is 1. The largest absolute Gasteiger partial charge is 0.445 e. The van der Waals surface area contributed by atoms with Crippen LogP contribution in [0.5, 0.6) is 0 Å². The summed E-state index contributed by atoms with van der Waals surface area (Å²) in [6.45, 7) is 1.13. The molecule has 10 nitrogen and oxygen atoms in total. The van der Waals surface area contributed by atoms with Crippen molar-refractivity contribution in [3.8, 4) is 6.07 Å². The zero-order valence-electron chi connectivity index (χ0n) is 20.4. The van der Waals surface area contributed by atoms with Gasteiger partial charge in [0.25, 0.3) is 26.5 Å². The van der Waals surface area contributed by atoms with E-state index in [4.69, 9.17) is 21.6 Å². The van der Waals surface area contributed by atoms with Crippen molar-refractivity contribution in [2.24, 2.45) is 0 Å². The van der Waals surface area contributed by atoms with Crippen LogP contribution in [0.4, 0.5) is 11.5 Å². The normalized spacial score (nSPS) is 11.5. The summed E-state index contributed by atoms with van der Waals surface area (Å²) in [7, 11) is -8.36. The average Bonchev–Trinajstić information content (AvgIpc) is 2.94. The average molecular weight is 585 g/mol. The second-order valence-corrected chi connectivity index (χ2v) is 12.2. The number of carbonyl (C=O) groups is 1. The first-order valence-corrected chi connectivity index (χ1v) is 14.6. The van der Waals surface area contributed by atoms with Crippen LogP contribution in [-0.2, 0) is 29.6 Å². The Morgan fingerprint density at radius 1 is 0.897 bits per heavy atom.